The molecule has 0 spiro atoms. The Morgan fingerprint density at radius 1 is 0.727 bits per heavy atom. The van der Waals surface area contributed by atoms with E-state index < -0.39 is 78.9 Å². The van der Waals surface area contributed by atoms with Gasteiger partial charge in [0.15, 0.2) is 5.75 Å². The number of nitrogen functional groups attached to an aromatic ring is 1. The second-order valence-electron chi connectivity index (χ2n) is 9.39. The monoisotopic (exact) mass is 659 g/mol. The molecule has 0 amide bonds. The number of azo groups is 2. The van der Waals surface area contributed by atoms with Crippen LogP contribution in [0.4, 0.5) is 22.7 Å². The molecule has 0 aliphatic heterocycles. The highest BCUT2D eigenvalue weighted by Gasteiger charge is 2.28. The number of hydrogen-bond donors (Lipinski definition) is 5. The highest BCUT2D eigenvalue weighted by molar-refractivity contribution is 7.86. The molecule has 44 heavy (non-hydrogen) atoms. The first-order chi connectivity index (χ1) is 20.6. The number of fused-ring (bicyclic) bond motifs is 2. The fraction of sp³-hybridized carbons (Fsp3) is 0.0769. The molecular weight excluding hydrogens is 639 g/mol. The first-order valence-corrected chi connectivity index (χ1v) is 16.6. The van der Waals surface area contributed by atoms with Crippen molar-refractivity contribution in [3.05, 3.63) is 72.5 Å². The zero-order valence-corrected chi connectivity index (χ0v) is 24.5. The molecule has 0 atom stereocenters. The molecule has 1 aliphatic rings. The van der Waals surface area contributed by atoms with E-state index >= 15 is 0 Å². The van der Waals surface area contributed by atoms with E-state index in [1.807, 2.05) is 6.08 Å². The number of allylic oxidation sites excluding steroid dienone is 4. The standard InChI is InChI=1S/C26H21N5O10S3/c27-22-21-15(12-19(42(33,34)35)23(22)30-28-16-7-2-1-3-8-16)13-20(43(36,37)38)24(25(21)32)31-29-18-11-10-14-6-4-5-9-17(14)26(18)44(39,40)41/h1-2,4-7,9-13,32H,3,8,27H2,(H,33,34,35)(H,36,37,38)(H,39,40,41). The van der Waals surface area contributed by atoms with Crippen molar-refractivity contribution in [3.8, 4) is 5.75 Å². The maximum atomic E-state index is 12.3. The third-order valence-electron chi connectivity index (χ3n) is 6.51. The second kappa shape index (κ2) is 11.2. The lowest BCUT2D eigenvalue weighted by Gasteiger charge is -2.14. The number of rotatable bonds is 7. The van der Waals surface area contributed by atoms with Crippen molar-refractivity contribution < 1.29 is 44.0 Å². The molecule has 4 aromatic carbocycles. The van der Waals surface area contributed by atoms with Gasteiger partial charge in [-0.1, -0.05) is 42.5 Å². The largest absolute Gasteiger partial charge is 0.505 e. The fourth-order valence-corrected chi connectivity index (χ4v) is 6.74. The van der Waals surface area contributed by atoms with Crippen LogP contribution >= 0.6 is 0 Å². The molecule has 0 unspecified atom stereocenters. The summed E-state index contributed by atoms with van der Waals surface area (Å²) in [6, 6.07) is 10.2. The first kappa shape index (κ1) is 30.9. The zero-order chi connectivity index (χ0) is 32.0. The number of nitrogens with two attached hydrogens (primary N) is 1. The maximum absolute atomic E-state index is 12.3. The number of phenols is 1. The summed E-state index contributed by atoms with van der Waals surface area (Å²) in [5.41, 5.74) is 4.12. The summed E-state index contributed by atoms with van der Waals surface area (Å²) in [4.78, 5) is -2.61. The van der Waals surface area contributed by atoms with Gasteiger partial charge in [-0.15, -0.1) is 15.3 Å². The lowest BCUT2D eigenvalue weighted by molar-refractivity contribution is 0.472. The predicted octanol–water partition coefficient (Wildman–Crippen LogP) is 5.75. The minimum absolute atomic E-state index is 0.0600. The number of anilines is 1. The van der Waals surface area contributed by atoms with Crippen molar-refractivity contribution in [1.82, 2.24) is 0 Å². The lowest BCUT2D eigenvalue weighted by Crippen LogP contribution is -2.04. The van der Waals surface area contributed by atoms with Gasteiger partial charge in [0.2, 0.25) is 0 Å². The summed E-state index contributed by atoms with van der Waals surface area (Å²) in [7, 11) is -15.2. The minimum atomic E-state index is -5.21. The average molecular weight is 660 g/mol. The van der Waals surface area contributed by atoms with Crippen molar-refractivity contribution >= 4 is 74.6 Å². The highest BCUT2D eigenvalue weighted by atomic mass is 32.2. The quantitative estimate of drug-likeness (QED) is 0.0905. The summed E-state index contributed by atoms with van der Waals surface area (Å²) in [6.07, 6.45) is 6.27. The van der Waals surface area contributed by atoms with Crippen molar-refractivity contribution in [2.45, 2.75) is 27.5 Å². The van der Waals surface area contributed by atoms with Crippen LogP contribution in [-0.4, -0.2) is 44.0 Å². The third-order valence-corrected chi connectivity index (χ3v) is 9.19. The van der Waals surface area contributed by atoms with Crippen LogP contribution in [0.5, 0.6) is 5.75 Å². The van der Waals surface area contributed by atoms with Gasteiger partial charge in [-0.05, 0) is 47.9 Å². The SMILES string of the molecule is Nc1c(N=NC2=CC=CCC2)c(S(=O)(=O)O)cc2cc(S(=O)(=O)O)c(N=Nc3ccc4ccccc4c3S(=O)(=O)O)c(O)c12. The van der Waals surface area contributed by atoms with Gasteiger partial charge >= 0.3 is 0 Å². The maximum Gasteiger partial charge on any atom is 0.297 e. The average Bonchev–Trinajstić information content (AvgIpc) is 2.94. The Kier molecular flexibility index (Phi) is 7.82. The first-order valence-electron chi connectivity index (χ1n) is 12.3. The summed E-state index contributed by atoms with van der Waals surface area (Å²) >= 11 is 0. The Balaban J connectivity index is 1.80. The summed E-state index contributed by atoms with van der Waals surface area (Å²) in [5.74, 6) is -1.02. The molecule has 0 aromatic heterocycles. The van der Waals surface area contributed by atoms with E-state index in [1.165, 1.54) is 24.3 Å². The summed E-state index contributed by atoms with van der Waals surface area (Å²) in [6.45, 7) is 0. The number of nitrogens with zero attached hydrogens (tertiary/aromatic N) is 4. The Labute approximate surface area is 250 Å². The van der Waals surface area contributed by atoms with Crippen LogP contribution in [0.25, 0.3) is 21.5 Å². The van der Waals surface area contributed by atoms with Gasteiger partial charge < -0.3 is 10.8 Å². The van der Waals surface area contributed by atoms with Crippen molar-refractivity contribution in [1.29, 1.82) is 0 Å². The van der Waals surface area contributed by atoms with Gasteiger partial charge in [-0.25, -0.2) is 0 Å². The van der Waals surface area contributed by atoms with Crippen molar-refractivity contribution in [2.75, 3.05) is 5.73 Å². The Hall–Kier alpha value is -4.59. The van der Waals surface area contributed by atoms with Crippen LogP contribution in [0.15, 0.2) is 108 Å². The van der Waals surface area contributed by atoms with Gasteiger partial charge in [0.05, 0.1) is 16.8 Å². The summed E-state index contributed by atoms with van der Waals surface area (Å²) < 4.78 is 103. The molecule has 4 aromatic rings. The van der Waals surface area contributed by atoms with E-state index in [1.54, 1.807) is 24.3 Å². The van der Waals surface area contributed by atoms with Gasteiger partial charge in [0.25, 0.3) is 30.4 Å². The van der Waals surface area contributed by atoms with Crippen LogP contribution in [-0.2, 0) is 30.4 Å². The van der Waals surface area contributed by atoms with E-state index in [-0.39, 0.29) is 10.8 Å². The summed E-state index contributed by atoms with van der Waals surface area (Å²) in [5, 5.41) is 26.2. The second-order valence-corrected chi connectivity index (χ2v) is 13.5. The van der Waals surface area contributed by atoms with E-state index in [9.17, 15) is 44.0 Å². The molecule has 0 saturated carbocycles. The molecule has 0 bridgehead atoms. The van der Waals surface area contributed by atoms with Crippen LogP contribution in [0, 0.1) is 0 Å². The number of aromatic hydroxyl groups is 1. The van der Waals surface area contributed by atoms with Crippen LogP contribution < -0.4 is 5.73 Å². The normalized spacial score (nSPS) is 14.7. The third kappa shape index (κ3) is 5.94. The number of benzene rings is 4. The van der Waals surface area contributed by atoms with Crippen LogP contribution in [0.1, 0.15) is 12.8 Å². The van der Waals surface area contributed by atoms with Gasteiger partial charge in [0.1, 0.15) is 31.7 Å². The Morgan fingerprint density at radius 3 is 1.98 bits per heavy atom. The molecule has 0 heterocycles. The van der Waals surface area contributed by atoms with E-state index in [4.69, 9.17) is 5.73 Å². The van der Waals surface area contributed by atoms with E-state index in [2.05, 4.69) is 20.5 Å². The van der Waals surface area contributed by atoms with E-state index in [0.29, 0.717) is 30.0 Å². The molecule has 228 valence electrons. The lowest BCUT2D eigenvalue weighted by atomic mass is 10.1. The molecule has 6 N–H and O–H groups in total. The van der Waals surface area contributed by atoms with Crippen molar-refractivity contribution in [2.24, 2.45) is 20.5 Å². The van der Waals surface area contributed by atoms with Crippen LogP contribution in [0.2, 0.25) is 0 Å². The molecular formula is C26H21N5O10S3. The fourth-order valence-electron chi connectivity index (χ4n) is 4.58. The molecule has 0 radical (unpaired) electrons. The van der Waals surface area contributed by atoms with E-state index in [0.717, 1.165) is 6.07 Å². The molecule has 15 nitrogen and oxygen atoms in total. The predicted molar refractivity (Wildman–Crippen MR) is 159 cm³/mol. The molecule has 18 heteroatoms. The highest BCUT2D eigenvalue weighted by Crippen LogP contribution is 2.48. The topological polar surface area (TPSA) is 259 Å². The number of hydrogen-bond acceptors (Lipinski definition) is 12. The number of phenolic OH excluding ortho intramolecular Hbond substituents is 1. The van der Waals surface area contributed by atoms with Gasteiger partial charge in [-0.3, -0.25) is 13.7 Å². The molecule has 0 saturated heterocycles. The Morgan fingerprint density at radius 2 is 1.36 bits per heavy atom. The molecule has 0 fully saturated rings. The molecule has 1 aliphatic carbocycles. The van der Waals surface area contributed by atoms with Crippen LogP contribution in [0.3, 0.4) is 0 Å². The van der Waals surface area contributed by atoms with Crippen molar-refractivity contribution in [3.63, 3.8) is 0 Å². The minimum Gasteiger partial charge on any atom is -0.505 e. The van der Waals surface area contributed by atoms with Gasteiger partial charge in [-0.2, -0.15) is 30.4 Å². The van der Waals surface area contributed by atoms with Gasteiger partial charge in [0, 0.05) is 5.39 Å². The smallest absolute Gasteiger partial charge is 0.297 e. The Bertz CT molecular complexity index is 2330. The molecule has 5 rings (SSSR count). The zero-order valence-electron chi connectivity index (χ0n) is 22.1.